The lowest BCUT2D eigenvalue weighted by Crippen LogP contribution is -2.37. The average Bonchev–Trinajstić information content (AvgIpc) is 2.26. The molecule has 2 nitrogen and oxygen atoms in total. The van der Waals surface area contributed by atoms with Crippen LogP contribution in [0.1, 0.15) is 35.3 Å². The Morgan fingerprint density at radius 2 is 1.76 bits per heavy atom. The highest BCUT2D eigenvalue weighted by atomic mass is 35.5. The van der Waals surface area contributed by atoms with Gasteiger partial charge in [0.05, 0.1) is 0 Å². The first-order valence-corrected chi connectivity index (χ1v) is 6.42. The number of carbonyl (C=O) groups excluding carboxylic acids is 1. The van der Waals surface area contributed by atoms with E-state index in [-0.39, 0.29) is 17.9 Å². The quantitative estimate of drug-likeness (QED) is 0.820. The van der Waals surface area contributed by atoms with Crippen molar-refractivity contribution in [2.75, 3.05) is 5.88 Å². The summed E-state index contributed by atoms with van der Waals surface area (Å²) in [4.78, 5) is 12.0. The first-order chi connectivity index (χ1) is 7.93. The fourth-order valence-corrected chi connectivity index (χ4v) is 1.94. The summed E-state index contributed by atoms with van der Waals surface area (Å²) in [5, 5.41) is 2.98. The smallest absolute Gasteiger partial charge is 0.251 e. The minimum Gasteiger partial charge on any atom is -0.349 e. The van der Waals surface area contributed by atoms with E-state index in [9.17, 15) is 4.79 Å². The molecule has 0 radical (unpaired) electrons. The zero-order valence-electron chi connectivity index (χ0n) is 10.9. The van der Waals surface area contributed by atoms with Crippen LogP contribution in [0.5, 0.6) is 0 Å². The number of amides is 1. The third kappa shape index (κ3) is 4.04. The molecule has 0 saturated carbocycles. The molecule has 1 N–H and O–H groups in total. The van der Waals surface area contributed by atoms with E-state index in [1.54, 1.807) is 0 Å². The Balaban J connectivity index is 2.76. The molecule has 0 fully saturated rings. The third-order valence-electron chi connectivity index (χ3n) is 2.94. The van der Waals surface area contributed by atoms with Gasteiger partial charge in [0.25, 0.3) is 5.91 Å². The van der Waals surface area contributed by atoms with Crippen LogP contribution in [0.4, 0.5) is 0 Å². The van der Waals surface area contributed by atoms with E-state index in [2.05, 4.69) is 11.4 Å². The number of hydrogen-bond acceptors (Lipinski definition) is 1. The molecule has 0 aliphatic heterocycles. The van der Waals surface area contributed by atoms with Crippen LogP contribution < -0.4 is 5.32 Å². The molecule has 94 valence electrons. The molecule has 0 aliphatic rings. The molecule has 1 aromatic rings. The molecule has 0 spiro atoms. The minimum absolute atomic E-state index is 0.0266. The zero-order chi connectivity index (χ0) is 13.0. The number of hydrogen-bond donors (Lipinski definition) is 1. The van der Waals surface area contributed by atoms with Crippen molar-refractivity contribution in [1.29, 1.82) is 0 Å². The van der Waals surface area contributed by atoms with Crippen LogP contribution in [0.15, 0.2) is 18.2 Å². The van der Waals surface area contributed by atoms with Gasteiger partial charge in [0.15, 0.2) is 0 Å². The summed E-state index contributed by atoms with van der Waals surface area (Å²) in [5.41, 5.74) is 2.93. The van der Waals surface area contributed by atoms with Crippen molar-refractivity contribution in [1.82, 2.24) is 5.32 Å². The summed E-state index contributed by atoms with van der Waals surface area (Å²) >= 11 is 5.78. The Morgan fingerprint density at radius 1 is 1.24 bits per heavy atom. The Hall–Kier alpha value is -1.02. The van der Waals surface area contributed by atoms with Gasteiger partial charge >= 0.3 is 0 Å². The largest absolute Gasteiger partial charge is 0.349 e. The summed E-state index contributed by atoms with van der Waals surface area (Å²) in [6.45, 7) is 8.00. The molecule has 0 bridgehead atoms. The molecule has 0 heterocycles. The third-order valence-corrected chi connectivity index (χ3v) is 3.43. The highest BCUT2D eigenvalue weighted by molar-refractivity contribution is 6.18. The van der Waals surface area contributed by atoms with Crippen molar-refractivity contribution in [3.05, 3.63) is 34.9 Å². The van der Waals surface area contributed by atoms with E-state index in [1.807, 2.05) is 39.8 Å². The standard InChI is InChI=1S/C14H20ClNO/c1-9-5-10(2)7-13(6-9)14(17)16-12(4)11(3)8-15/h5-7,11-12H,8H2,1-4H3,(H,16,17). The van der Waals surface area contributed by atoms with Crippen LogP contribution >= 0.6 is 11.6 Å². The predicted molar refractivity (Wildman–Crippen MR) is 72.7 cm³/mol. The number of benzene rings is 1. The Morgan fingerprint density at radius 3 is 2.24 bits per heavy atom. The second-order valence-electron chi connectivity index (χ2n) is 4.77. The molecule has 1 aromatic carbocycles. The molecule has 0 aromatic heterocycles. The number of rotatable bonds is 4. The van der Waals surface area contributed by atoms with Crippen molar-refractivity contribution in [3.63, 3.8) is 0 Å². The highest BCUT2D eigenvalue weighted by Crippen LogP contribution is 2.10. The van der Waals surface area contributed by atoms with Gasteiger partial charge in [-0.05, 0) is 38.8 Å². The second-order valence-corrected chi connectivity index (χ2v) is 5.08. The van der Waals surface area contributed by atoms with Crippen molar-refractivity contribution in [2.45, 2.75) is 33.7 Å². The molecule has 0 aliphatic carbocycles. The Labute approximate surface area is 108 Å². The normalized spacial score (nSPS) is 14.2. The van der Waals surface area contributed by atoms with Gasteiger partial charge in [-0.3, -0.25) is 4.79 Å². The van der Waals surface area contributed by atoms with Crippen molar-refractivity contribution < 1.29 is 4.79 Å². The van der Waals surface area contributed by atoms with Crippen molar-refractivity contribution in [2.24, 2.45) is 5.92 Å². The zero-order valence-corrected chi connectivity index (χ0v) is 11.6. The molecule has 3 heteroatoms. The second kappa shape index (κ2) is 6.06. The summed E-state index contributed by atoms with van der Waals surface area (Å²) < 4.78 is 0. The van der Waals surface area contributed by atoms with E-state index in [4.69, 9.17) is 11.6 Å². The van der Waals surface area contributed by atoms with Crippen molar-refractivity contribution >= 4 is 17.5 Å². The molecule has 1 rings (SSSR count). The van der Waals surface area contributed by atoms with Gasteiger partial charge in [0, 0.05) is 17.5 Å². The van der Waals surface area contributed by atoms with Gasteiger partial charge in [0.2, 0.25) is 0 Å². The van der Waals surface area contributed by atoms with E-state index in [0.717, 1.165) is 16.7 Å². The van der Waals surface area contributed by atoms with E-state index >= 15 is 0 Å². The van der Waals surface area contributed by atoms with Crippen LogP contribution in [-0.2, 0) is 0 Å². The van der Waals surface area contributed by atoms with Crippen molar-refractivity contribution in [3.8, 4) is 0 Å². The van der Waals surface area contributed by atoms with Crippen LogP contribution in [-0.4, -0.2) is 17.8 Å². The number of alkyl halides is 1. The highest BCUT2D eigenvalue weighted by Gasteiger charge is 2.15. The average molecular weight is 254 g/mol. The molecule has 2 unspecified atom stereocenters. The predicted octanol–water partition coefficient (Wildman–Crippen LogP) is 3.30. The van der Waals surface area contributed by atoms with E-state index in [1.165, 1.54) is 0 Å². The maximum atomic E-state index is 12.0. The van der Waals surface area contributed by atoms with Crippen LogP contribution in [0.25, 0.3) is 0 Å². The summed E-state index contributed by atoms with van der Waals surface area (Å²) in [6, 6.07) is 5.95. The number of nitrogens with one attached hydrogen (secondary N) is 1. The van der Waals surface area contributed by atoms with Crippen LogP contribution in [0.2, 0.25) is 0 Å². The topological polar surface area (TPSA) is 29.1 Å². The number of aryl methyl sites for hydroxylation is 2. The SMILES string of the molecule is Cc1cc(C)cc(C(=O)NC(C)C(C)CCl)c1. The maximum Gasteiger partial charge on any atom is 0.251 e. The lowest BCUT2D eigenvalue weighted by molar-refractivity contribution is 0.0931. The maximum absolute atomic E-state index is 12.0. The molecular formula is C14H20ClNO. The van der Waals surface area contributed by atoms with Gasteiger partial charge in [0.1, 0.15) is 0 Å². The van der Waals surface area contributed by atoms with Gasteiger partial charge in [-0.1, -0.05) is 24.1 Å². The Bertz CT molecular complexity index is 383. The molecule has 17 heavy (non-hydrogen) atoms. The van der Waals surface area contributed by atoms with Gasteiger partial charge in [-0.15, -0.1) is 11.6 Å². The monoisotopic (exact) mass is 253 g/mol. The van der Waals surface area contributed by atoms with E-state index in [0.29, 0.717) is 5.88 Å². The number of carbonyl (C=O) groups is 1. The molecule has 1 amide bonds. The lowest BCUT2D eigenvalue weighted by atomic mass is 10.0. The summed E-state index contributed by atoms with van der Waals surface area (Å²) in [7, 11) is 0. The number of halogens is 1. The summed E-state index contributed by atoms with van der Waals surface area (Å²) in [5.74, 6) is 0.793. The van der Waals surface area contributed by atoms with Gasteiger partial charge in [-0.25, -0.2) is 0 Å². The molecule has 0 saturated heterocycles. The fraction of sp³-hybridized carbons (Fsp3) is 0.500. The summed E-state index contributed by atoms with van der Waals surface area (Å²) in [6.07, 6.45) is 0. The van der Waals surface area contributed by atoms with Crippen LogP contribution in [0, 0.1) is 19.8 Å². The first kappa shape index (κ1) is 14.0. The van der Waals surface area contributed by atoms with Gasteiger partial charge < -0.3 is 5.32 Å². The van der Waals surface area contributed by atoms with E-state index < -0.39 is 0 Å². The minimum atomic E-state index is -0.0266. The molecule has 2 atom stereocenters. The fourth-order valence-electron chi connectivity index (χ4n) is 1.67. The first-order valence-electron chi connectivity index (χ1n) is 5.89. The lowest BCUT2D eigenvalue weighted by Gasteiger charge is -2.19. The van der Waals surface area contributed by atoms with Gasteiger partial charge in [-0.2, -0.15) is 0 Å². The Kier molecular flexibility index (Phi) is 5.01. The van der Waals surface area contributed by atoms with Crippen LogP contribution in [0.3, 0.4) is 0 Å². The molecular weight excluding hydrogens is 234 g/mol.